The zero-order valence-corrected chi connectivity index (χ0v) is 35.2. The van der Waals surface area contributed by atoms with Gasteiger partial charge in [0.05, 0.1) is 29.8 Å². The van der Waals surface area contributed by atoms with E-state index in [1.54, 1.807) is 37.3 Å². The van der Waals surface area contributed by atoms with Crippen LogP contribution in [-0.4, -0.2) is 62.5 Å². The zero-order valence-electron chi connectivity index (χ0n) is 34.2. The van der Waals surface area contributed by atoms with E-state index in [0.29, 0.717) is 28.8 Å². The number of likely N-dealkylation sites (tertiary alicyclic amines) is 1. The predicted octanol–water partition coefficient (Wildman–Crippen LogP) is 10.7. The van der Waals surface area contributed by atoms with Gasteiger partial charge in [-0.1, -0.05) is 57.2 Å². The molecule has 1 saturated heterocycles. The Morgan fingerprint density at radius 2 is 1.54 bits per heavy atom. The number of nitrogens with zero attached hydrogens (tertiary/aromatic N) is 2. The van der Waals surface area contributed by atoms with Crippen LogP contribution in [0.5, 0.6) is 0 Å². The van der Waals surface area contributed by atoms with E-state index in [2.05, 4.69) is 5.32 Å². The highest BCUT2D eigenvalue weighted by atomic mass is 28.4. The molecule has 1 fully saturated rings. The molecule has 0 spiro atoms. The second-order valence-corrected chi connectivity index (χ2v) is 21.0. The summed E-state index contributed by atoms with van der Waals surface area (Å²) in [6.07, 6.45) is -9.52. The first-order chi connectivity index (χ1) is 27.2. The van der Waals surface area contributed by atoms with Crippen molar-refractivity contribution in [1.82, 2.24) is 15.1 Å². The first-order valence-electron chi connectivity index (χ1n) is 18.8. The number of esters is 1. The van der Waals surface area contributed by atoms with Crippen molar-refractivity contribution in [3.05, 3.63) is 118 Å². The Labute approximate surface area is 340 Å². The average Bonchev–Trinajstić information content (AvgIpc) is 3.14. The maximum atomic E-state index is 14.5. The number of nitrogens with one attached hydrogen (secondary N) is 1. The number of hydrogen-bond acceptors (Lipinski definition) is 6. The third-order valence-electron chi connectivity index (χ3n) is 10.8. The summed E-state index contributed by atoms with van der Waals surface area (Å²) in [5.74, 6) is -1.39. The van der Waals surface area contributed by atoms with E-state index in [-0.39, 0.29) is 49.3 Å². The number of benzene rings is 3. The van der Waals surface area contributed by atoms with Crippen LogP contribution >= 0.6 is 0 Å². The molecular formula is C42H50F7N3O6Si. The lowest BCUT2D eigenvalue weighted by atomic mass is 9.77. The van der Waals surface area contributed by atoms with Gasteiger partial charge in [0.1, 0.15) is 12.4 Å². The largest absolute Gasteiger partial charge is 0.539 e. The molecule has 0 radical (unpaired) electrons. The average molecular weight is 854 g/mol. The number of aryl methyl sites for hydroxylation is 1. The second kappa shape index (κ2) is 18.1. The topological polar surface area (TPSA) is 97.4 Å². The summed E-state index contributed by atoms with van der Waals surface area (Å²) in [5.41, 5.74) is -3.11. The SMILES string of the molecule is COC(=O)/C(=C\C[C@]1(NC(=O)OCc2ccccc2)CCN(C(=O)N(C)Cc2cc(C(F)(F)F)cc(C(F)(F)F)c2)[C@@H](c2ccc(F)cc2C)C1)O[Si](C)(C)C(C)(C)C. The molecule has 0 aromatic heterocycles. The number of hydrogen-bond donors (Lipinski definition) is 1. The van der Waals surface area contributed by atoms with Crippen LogP contribution in [0.1, 0.15) is 79.5 Å². The van der Waals surface area contributed by atoms with Crippen LogP contribution < -0.4 is 5.32 Å². The van der Waals surface area contributed by atoms with Gasteiger partial charge in [-0.05, 0) is 103 Å². The van der Waals surface area contributed by atoms with Crippen LogP contribution in [0.15, 0.2) is 78.6 Å². The molecule has 0 saturated carbocycles. The number of urea groups is 1. The molecule has 9 nitrogen and oxygen atoms in total. The van der Waals surface area contributed by atoms with Gasteiger partial charge in [-0.2, -0.15) is 26.3 Å². The molecule has 3 amide bonds. The molecule has 3 aromatic rings. The first kappa shape index (κ1) is 46.6. The highest BCUT2D eigenvalue weighted by Gasteiger charge is 2.46. The molecule has 4 rings (SSSR count). The van der Waals surface area contributed by atoms with Gasteiger partial charge in [0.25, 0.3) is 8.32 Å². The quantitative estimate of drug-likeness (QED) is 0.0678. The molecule has 1 aliphatic rings. The third-order valence-corrected chi connectivity index (χ3v) is 15.2. The lowest BCUT2D eigenvalue weighted by Gasteiger charge is -2.48. The number of amides is 3. The number of piperidine rings is 1. The van der Waals surface area contributed by atoms with Gasteiger partial charge < -0.3 is 29.0 Å². The molecule has 1 N–H and O–H groups in total. The van der Waals surface area contributed by atoms with Crippen molar-refractivity contribution in [2.24, 2.45) is 0 Å². The number of carbonyl (C=O) groups excluding carboxylic acids is 3. The normalized spacial score (nSPS) is 17.9. The van der Waals surface area contributed by atoms with Gasteiger partial charge in [-0.3, -0.25) is 0 Å². The molecule has 0 bridgehead atoms. The Bertz CT molecular complexity index is 1990. The fraction of sp³-hybridized carbons (Fsp3) is 0.452. The summed E-state index contributed by atoms with van der Waals surface area (Å²) >= 11 is 0. The molecule has 59 heavy (non-hydrogen) atoms. The number of rotatable bonds is 11. The lowest BCUT2D eigenvalue weighted by molar-refractivity contribution is -0.143. The molecule has 17 heteroatoms. The fourth-order valence-corrected chi connectivity index (χ4v) is 7.60. The van der Waals surface area contributed by atoms with Crippen molar-refractivity contribution in [3.8, 4) is 0 Å². The summed E-state index contributed by atoms with van der Waals surface area (Å²) < 4.78 is 114. The van der Waals surface area contributed by atoms with E-state index in [1.807, 2.05) is 33.9 Å². The van der Waals surface area contributed by atoms with Crippen LogP contribution in [0, 0.1) is 12.7 Å². The van der Waals surface area contributed by atoms with Crippen LogP contribution in [0.2, 0.25) is 18.1 Å². The fourth-order valence-electron chi connectivity index (χ4n) is 6.57. The van der Waals surface area contributed by atoms with Crippen LogP contribution in [-0.2, 0) is 44.2 Å². The second-order valence-electron chi connectivity index (χ2n) is 16.3. The lowest BCUT2D eigenvalue weighted by Crippen LogP contribution is -2.58. The van der Waals surface area contributed by atoms with Gasteiger partial charge in [-0.25, -0.2) is 18.8 Å². The van der Waals surface area contributed by atoms with Crippen molar-refractivity contribution in [2.75, 3.05) is 20.7 Å². The first-order valence-corrected chi connectivity index (χ1v) is 21.7. The molecule has 1 heterocycles. The highest BCUT2D eigenvalue weighted by Crippen LogP contribution is 2.43. The number of alkyl halides is 6. The monoisotopic (exact) mass is 853 g/mol. The van der Waals surface area contributed by atoms with Crippen molar-refractivity contribution >= 4 is 26.4 Å². The summed E-state index contributed by atoms with van der Waals surface area (Å²) in [6.45, 7) is 10.7. The van der Waals surface area contributed by atoms with Crippen molar-refractivity contribution < 1.29 is 59.0 Å². The van der Waals surface area contributed by atoms with Crippen LogP contribution in [0.25, 0.3) is 0 Å². The van der Waals surface area contributed by atoms with Gasteiger partial charge in [0.15, 0.2) is 5.76 Å². The third kappa shape index (κ3) is 12.0. The number of carbonyl (C=O) groups is 3. The summed E-state index contributed by atoms with van der Waals surface area (Å²) in [5, 5.41) is 2.65. The standard InChI is InChI=1S/C42H50F7N3O6Si/c1-27-20-32(43)14-15-33(27)34-24-40(50-37(54)57-26-28-12-10-9-11-13-28,17-16-35(36(53)56-6)58-59(7,8)39(2,3)4)18-19-52(34)38(55)51(5)25-29-21-30(41(44,45)46)23-31(22-29)42(47,48)49/h9-16,20-23,34H,17-19,24-26H2,1-8H3,(H,50,54)/b35-16+/t34-,40+/m1/s1. The molecule has 0 unspecified atom stereocenters. The van der Waals surface area contributed by atoms with E-state index >= 15 is 0 Å². The minimum Gasteiger partial charge on any atom is -0.539 e. The van der Waals surface area contributed by atoms with Crippen LogP contribution in [0.3, 0.4) is 0 Å². The number of halogens is 7. The molecule has 3 aromatic carbocycles. The predicted molar refractivity (Wildman–Crippen MR) is 209 cm³/mol. The summed E-state index contributed by atoms with van der Waals surface area (Å²) in [7, 11) is -0.167. The summed E-state index contributed by atoms with van der Waals surface area (Å²) in [4.78, 5) is 43.4. The smallest absolute Gasteiger partial charge is 0.416 e. The molecule has 1 aliphatic heterocycles. The molecule has 322 valence electrons. The minimum atomic E-state index is -5.09. The number of methoxy groups -OCH3 is 1. The van der Waals surface area contributed by atoms with E-state index in [1.165, 1.54) is 43.3 Å². The Morgan fingerprint density at radius 1 is 0.932 bits per heavy atom. The molecular weight excluding hydrogens is 804 g/mol. The van der Waals surface area contributed by atoms with Gasteiger partial charge in [0.2, 0.25) is 0 Å². The zero-order chi connectivity index (χ0) is 44.1. The van der Waals surface area contributed by atoms with E-state index < -0.39 is 79.4 Å². The van der Waals surface area contributed by atoms with Gasteiger partial charge in [0, 0.05) is 20.1 Å². The van der Waals surface area contributed by atoms with Gasteiger partial charge in [-0.15, -0.1) is 0 Å². The van der Waals surface area contributed by atoms with Gasteiger partial charge >= 0.3 is 30.4 Å². The Balaban J connectivity index is 1.77. The molecule has 2 atom stereocenters. The van der Waals surface area contributed by atoms with E-state index in [0.717, 1.165) is 4.90 Å². The Hall–Kier alpha value is -5.06. The van der Waals surface area contributed by atoms with E-state index in [9.17, 15) is 45.1 Å². The molecule has 0 aliphatic carbocycles. The maximum absolute atomic E-state index is 14.5. The van der Waals surface area contributed by atoms with Crippen molar-refractivity contribution in [2.45, 2.75) is 102 Å². The van der Waals surface area contributed by atoms with Crippen molar-refractivity contribution in [1.29, 1.82) is 0 Å². The maximum Gasteiger partial charge on any atom is 0.416 e. The van der Waals surface area contributed by atoms with Crippen LogP contribution in [0.4, 0.5) is 40.3 Å². The van der Waals surface area contributed by atoms with E-state index in [4.69, 9.17) is 13.9 Å². The Kier molecular flexibility index (Phi) is 14.3. The highest BCUT2D eigenvalue weighted by molar-refractivity contribution is 6.74. The Morgan fingerprint density at radius 3 is 2.08 bits per heavy atom. The van der Waals surface area contributed by atoms with Crippen molar-refractivity contribution in [3.63, 3.8) is 0 Å². The number of ether oxygens (including phenoxy) is 2. The summed E-state index contributed by atoms with van der Waals surface area (Å²) in [6, 6.07) is 12.3. The minimum absolute atomic E-state index is 0.0120. The number of alkyl carbamates (subject to hydrolysis) is 1.